The molecule has 1 rings (SSSR count). The summed E-state index contributed by atoms with van der Waals surface area (Å²) in [5.74, 6) is 0.807. The van der Waals surface area contributed by atoms with E-state index >= 15 is 0 Å². The van der Waals surface area contributed by atoms with E-state index in [-0.39, 0.29) is 5.92 Å². The van der Waals surface area contributed by atoms with Crippen molar-refractivity contribution < 1.29 is 4.42 Å². The van der Waals surface area contributed by atoms with Gasteiger partial charge in [-0.15, -0.1) is 0 Å². The van der Waals surface area contributed by atoms with Gasteiger partial charge in [0, 0.05) is 5.92 Å². The van der Waals surface area contributed by atoms with Crippen LogP contribution < -0.4 is 0 Å². The maximum atomic E-state index is 8.51. The molecule has 0 bridgehead atoms. The van der Waals surface area contributed by atoms with Gasteiger partial charge in [0.2, 0.25) is 4.67 Å². The molecule has 0 atom stereocenters. The van der Waals surface area contributed by atoms with Crippen molar-refractivity contribution in [3.05, 3.63) is 16.3 Å². The average Bonchev–Trinajstić information content (AvgIpc) is 2.31. The molecule has 0 amide bonds. The summed E-state index contributed by atoms with van der Waals surface area (Å²) in [5.41, 5.74) is 0.314. The Morgan fingerprint density at radius 1 is 1.64 bits per heavy atom. The summed E-state index contributed by atoms with van der Waals surface area (Å²) >= 11 is 3.09. The molecular weight excluding hydrogens is 208 g/mol. The molecule has 0 aliphatic heterocycles. The summed E-state index contributed by atoms with van der Waals surface area (Å²) in [7, 11) is 0. The third-order valence-electron chi connectivity index (χ3n) is 1.20. The second-order valence-corrected chi connectivity index (χ2v) is 3.16. The second kappa shape index (κ2) is 3.05. The van der Waals surface area contributed by atoms with E-state index in [0.717, 1.165) is 0 Å². The number of aromatic nitrogens is 1. The van der Waals surface area contributed by atoms with Crippen LogP contribution >= 0.6 is 15.9 Å². The highest BCUT2D eigenvalue weighted by Crippen LogP contribution is 2.21. The molecule has 0 aliphatic rings. The normalized spacial score (nSPS) is 10.1. The Hall–Kier alpha value is -0.820. The first-order valence-corrected chi connectivity index (χ1v) is 4.00. The van der Waals surface area contributed by atoms with Crippen LogP contribution in [-0.4, -0.2) is 4.98 Å². The standard InChI is InChI=1S/C7H7BrN2O/c1-4(2)7-10-5(3-9)6(8)11-7/h4H,1-2H3. The van der Waals surface area contributed by atoms with Crippen molar-refractivity contribution in [3.63, 3.8) is 0 Å². The van der Waals surface area contributed by atoms with E-state index in [1.54, 1.807) is 0 Å². The summed E-state index contributed by atoms with van der Waals surface area (Å²) in [4.78, 5) is 3.95. The predicted octanol–water partition coefficient (Wildman–Crippen LogP) is 2.43. The number of hydrogen-bond acceptors (Lipinski definition) is 3. The maximum absolute atomic E-state index is 8.51. The van der Waals surface area contributed by atoms with Gasteiger partial charge in [0.15, 0.2) is 11.6 Å². The highest BCUT2D eigenvalue weighted by molar-refractivity contribution is 9.10. The monoisotopic (exact) mass is 214 g/mol. The van der Waals surface area contributed by atoms with Gasteiger partial charge in [-0.25, -0.2) is 4.98 Å². The highest BCUT2D eigenvalue weighted by atomic mass is 79.9. The lowest BCUT2D eigenvalue weighted by molar-refractivity contribution is 0.453. The number of hydrogen-bond donors (Lipinski definition) is 0. The molecule has 0 saturated heterocycles. The summed E-state index contributed by atoms with van der Waals surface area (Å²) in [6.45, 7) is 3.92. The minimum absolute atomic E-state index is 0.216. The lowest BCUT2D eigenvalue weighted by Gasteiger charge is -1.93. The van der Waals surface area contributed by atoms with Crippen LogP contribution in [0.4, 0.5) is 0 Å². The highest BCUT2D eigenvalue weighted by Gasteiger charge is 2.12. The van der Waals surface area contributed by atoms with E-state index < -0.39 is 0 Å². The topological polar surface area (TPSA) is 49.8 Å². The van der Waals surface area contributed by atoms with Crippen molar-refractivity contribution in [1.29, 1.82) is 5.26 Å². The largest absolute Gasteiger partial charge is 0.432 e. The van der Waals surface area contributed by atoms with Gasteiger partial charge >= 0.3 is 0 Å². The summed E-state index contributed by atoms with van der Waals surface area (Å²) < 4.78 is 5.57. The zero-order valence-electron chi connectivity index (χ0n) is 6.26. The fourth-order valence-corrected chi connectivity index (χ4v) is 0.976. The Balaban J connectivity index is 3.07. The smallest absolute Gasteiger partial charge is 0.207 e. The predicted molar refractivity (Wildman–Crippen MR) is 43.0 cm³/mol. The molecule has 1 aromatic heterocycles. The van der Waals surface area contributed by atoms with E-state index in [1.807, 2.05) is 19.9 Å². The number of nitrogens with zero attached hydrogens (tertiary/aromatic N) is 2. The Morgan fingerprint density at radius 2 is 2.27 bits per heavy atom. The van der Waals surface area contributed by atoms with Gasteiger partial charge in [-0.05, 0) is 15.9 Å². The number of oxazole rings is 1. The van der Waals surface area contributed by atoms with Gasteiger partial charge in [-0.3, -0.25) is 0 Å². The maximum Gasteiger partial charge on any atom is 0.207 e. The van der Waals surface area contributed by atoms with E-state index in [2.05, 4.69) is 20.9 Å². The van der Waals surface area contributed by atoms with Crippen molar-refractivity contribution in [3.8, 4) is 6.07 Å². The third kappa shape index (κ3) is 1.60. The molecule has 0 aromatic carbocycles. The summed E-state index contributed by atoms with van der Waals surface area (Å²) in [6, 6.07) is 1.92. The Labute approximate surface area is 73.2 Å². The van der Waals surface area contributed by atoms with Gasteiger partial charge < -0.3 is 4.42 Å². The van der Waals surface area contributed by atoms with Crippen LogP contribution in [0.25, 0.3) is 0 Å². The molecular formula is C7H7BrN2O. The lowest BCUT2D eigenvalue weighted by Crippen LogP contribution is -1.85. The first-order valence-electron chi connectivity index (χ1n) is 3.21. The van der Waals surface area contributed by atoms with Crippen molar-refractivity contribution in [1.82, 2.24) is 4.98 Å². The quantitative estimate of drug-likeness (QED) is 0.722. The minimum atomic E-state index is 0.216. The molecule has 0 unspecified atom stereocenters. The van der Waals surface area contributed by atoms with Gasteiger partial charge in [0.25, 0.3) is 0 Å². The molecule has 58 valence electrons. The molecule has 3 nitrogen and oxygen atoms in total. The Kier molecular flexibility index (Phi) is 2.30. The first-order chi connectivity index (χ1) is 5.15. The minimum Gasteiger partial charge on any atom is -0.432 e. The van der Waals surface area contributed by atoms with E-state index in [0.29, 0.717) is 16.3 Å². The SMILES string of the molecule is CC(C)c1nc(C#N)c(Br)o1. The molecule has 0 fully saturated rings. The van der Waals surface area contributed by atoms with Crippen molar-refractivity contribution in [2.24, 2.45) is 0 Å². The molecule has 4 heteroatoms. The van der Waals surface area contributed by atoms with Crippen LogP contribution in [0.2, 0.25) is 0 Å². The van der Waals surface area contributed by atoms with Crippen LogP contribution in [0.1, 0.15) is 31.4 Å². The van der Waals surface area contributed by atoms with Crippen molar-refractivity contribution >= 4 is 15.9 Å². The number of rotatable bonds is 1. The molecule has 0 spiro atoms. The fraction of sp³-hybridized carbons (Fsp3) is 0.429. The molecule has 0 radical (unpaired) electrons. The Morgan fingerprint density at radius 3 is 2.55 bits per heavy atom. The van der Waals surface area contributed by atoms with Gasteiger partial charge in [0.05, 0.1) is 0 Å². The molecule has 0 N–H and O–H groups in total. The first kappa shape index (κ1) is 8.28. The second-order valence-electron chi connectivity index (χ2n) is 2.44. The molecule has 1 aromatic rings. The van der Waals surface area contributed by atoms with E-state index in [1.165, 1.54) is 0 Å². The molecule has 1 heterocycles. The average molecular weight is 215 g/mol. The van der Waals surface area contributed by atoms with Gasteiger partial charge in [-0.2, -0.15) is 5.26 Å². The summed E-state index contributed by atoms with van der Waals surface area (Å²) in [6.07, 6.45) is 0. The summed E-state index contributed by atoms with van der Waals surface area (Å²) in [5, 5.41) is 8.51. The van der Waals surface area contributed by atoms with Gasteiger partial charge in [-0.1, -0.05) is 13.8 Å². The third-order valence-corrected chi connectivity index (χ3v) is 1.74. The van der Waals surface area contributed by atoms with Crippen LogP contribution in [0.5, 0.6) is 0 Å². The van der Waals surface area contributed by atoms with Crippen LogP contribution in [-0.2, 0) is 0 Å². The van der Waals surface area contributed by atoms with Gasteiger partial charge in [0.1, 0.15) is 6.07 Å². The molecule has 11 heavy (non-hydrogen) atoms. The van der Waals surface area contributed by atoms with Crippen molar-refractivity contribution in [2.45, 2.75) is 19.8 Å². The van der Waals surface area contributed by atoms with E-state index in [4.69, 9.17) is 9.68 Å². The molecule has 0 saturated carbocycles. The number of nitriles is 1. The fourth-order valence-electron chi connectivity index (χ4n) is 0.633. The van der Waals surface area contributed by atoms with Crippen molar-refractivity contribution in [2.75, 3.05) is 0 Å². The van der Waals surface area contributed by atoms with E-state index in [9.17, 15) is 0 Å². The van der Waals surface area contributed by atoms with Crippen LogP contribution in [0.3, 0.4) is 0 Å². The Bertz CT molecular complexity index is 298. The number of halogens is 1. The molecule has 0 aliphatic carbocycles. The zero-order valence-corrected chi connectivity index (χ0v) is 7.84. The zero-order chi connectivity index (χ0) is 8.43. The lowest BCUT2D eigenvalue weighted by atomic mass is 10.2. The van der Waals surface area contributed by atoms with Crippen LogP contribution in [0.15, 0.2) is 9.09 Å². The van der Waals surface area contributed by atoms with Crippen LogP contribution in [0, 0.1) is 11.3 Å².